The van der Waals surface area contributed by atoms with Crippen molar-refractivity contribution in [1.82, 2.24) is 15.5 Å². The molecule has 10 heteroatoms. The van der Waals surface area contributed by atoms with Gasteiger partial charge in [-0.25, -0.2) is 9.59 Å². The van der Waals surface area contributed by atoms with E-state index in [9.17, 15) is 19.2 Å². The number of hydrogen-bond acceptors (Lipinski definition) is 6. The lowest BCUT2D eigenvalue weighted by molar-refractivity contribution is -0.147. The highest BCUT2D eigenvalue weighted by atomic mass is 32.2. The SMILES string of the molecule is COC(=O)C(NC(=O)C1CC(NC(=O)Nc2cccc(SC)c2)CN1C(=O)C=C(C)C)C(C)C. The summed E-state index contributed by atoms with van der Waals surface area (Å²) < 4.78 is 4.80. The van der Waals surface area contributed by atoms with Gasteiger partial charge in [0.05, 0.1) is 13.2 Å². The van der Waals surface area contributed by atoms with Gasteiger partial charge in [-0.3, -0.25) is 9.59 Å². The third kappa shape index (κ3) is 7.51. The molecule has 0 aliphatic carbocycles. The van der Waals surface area contributed by atoms with Crippen LogP contribution in [0.3, 0.4) is 0 Å². The molecule has 1 aliphatic heterocycles. The molecule has 0 spiro atoms. The van der Waals surface area contributed by atoms with Gasteiger partial charge in [0.2, 0.25) is 11.8 Å². The molecule has 34 heavy (non-hydrogen) atoms. The number of nitrogens with one attached hydrogen (secondary N) is 3. The van der Waals surface area contributed by atoms with E-state index in [1.165, 1.54) is 18.1 Å². The number of hydrogen-bond donors (Lipinski definition) is 3. The molecule has 9 nitrogen and oxygen atoms in total. The molecule has 1 saturated heterocycles. The lowest BCUT2D eigenvalue weighted by Gasteiger charge is -2.26. The molecule has 3 unspecified atom stereocenters. The Kier molecular flexibility index (Phi) is 9.97. The highest BCUT2D eigenvalue weighted by Gasteiger charge is 2.41. The number of nitrogens with zero attached hydrogens (tertiary/aromatic N) is 1. The Labute approximate surface area is 205 Å². The van der Waals surface area contributed by atoms with Crippen molar-refractivity contribution in [2.75, 3.05) is 25.2 Å². The molecule has 4 amide bonds. The molecule has 1 aromatic carbocycles. The summed E-state index contributed by atoms with van der Waals surface area (Å²) >= 11 is 1.57. The Morgan fingerprint density at radius 2 is 1.91 bits per heavy atom. The molecular weight excluding hydrogens is 456 g/mol. The van der Waals surface area contributed by atoms with E-state index < -0.39 is 36.0 Å². The maximum atomic E-state index is 13.1. The summed E-state index contributed by atoms with van der Waals surface area (Å²) in [5, 5.41) is 8.36. The van der Waals surface area contributed by atoms with Gasteiger partial charge in [-0.2, -0.15) is 0 Å². The van der Waals surface area contributed by atoms with E-state index in [4.69, 9.17) is 4.74 Å². The summed E-state index contributed by atoms with van der Waals surface area (Å²) in [7, 11) is 1.26. The van der Waals surface area contributed by atoms with Crippen LogP contribution in [0.5, 0.6) is 0 Å². The number of carbonyl (C=O) groups is 4. The largest absolute Gasteiger partial charge is 0.467 e. The van der Waals surface area contributed by atoms with Gasteiger partial charge in [0.15, 0.2) is 0 Å². The molecule has 1 aliphatic rings. The normalized spacial score (nSPS) is 18.1. The van der Waals surface area contributed by atoms with Crippen LogP contribution in [0.25, 0.3) is 0 Å². The minimum atomic E-state index is -0.836. The first-order chi connectivity index (χ1) is 16.0. The number of benzene rings is 1. The lowest BCUT2D eigenvalue weighted by atomic mass is 10.0. The van der Waals surface area contributed by atoms with Crippen molar-refractivity contribution >= 4 is 41.3 Å². The Hall–Kier alpha value is -3.01. The highest BCUT2D eigenvalue weighted by molar-refractivity contribution is 7.98. The molecule has 1 heterocycles. The zero-order valence-corrected chi connectivity index (χ0v) is 21.3. The number of ether oxygens (including phenoxy) is 1. The van der Waals surface area contributed by atoms with Gasteiger partial charge in [-0.15, -0.1) is 11.8 Å². The number of urea groups is 1. The van der Waals surface area contributed by atoms with Gasteiger partial charge in [-0.05, 0) is 50.6 Å². The Morgan fingerprint density at radius 3 is 2.50 bits per heavy atom. The summed E-state index contributed by atoms with van der Waals surface area (Å²) in [5.74, 6) is -1.53. The summed E-state index contributed by atoms with van der Waals surface area (Å²) in [6.45, 7) is 7.35. The first-order valence-corrected chi connectivity index (χ1v) is 12.3. The molecule has 0 bridgehead atoms. The number of thioether (sulfide) groups is 1. The average Bonchev–Trinajstić information content (AvgIpc) is 3.20. The number of likely N-dealkylation sites (tertiary alicyclic amines) is 1. The van der Waals surface area contributed by atoms with Gasteiger partial charge >= 0.3 is 12.0 Å². The van der Waals surface area contributed by atoms with E-state index in [0.29, 0.717) is 5.69 Å². The molecule has 0 aromatic heterocycles. The molecule has 0 radical (unpaired) electrons. The summed E-state index contributed by atoms with van der Waals surface area (Å²) in [4.78, 5) is 53.1. The number of esters is 1. The molecule has 2 rings (SSSR count). The minimum Gasteiger partial charge on any atom is -0.467 e. The predicted octanol–water partition coefficient (Wildman–Crippen LogP) is 2.78. The Morgan fingerprint density at radius 1 is 1.21 bits per heavy atom. The number of allylic oxidation sites excluding steroid dienone is 1. The first kappa shape index (κ1) is 27.2. The number of methoxy groups -OCH3 is 1. The summed E-state index contributed by atoms with van der Waals surface area (Å²) in [6.07, 6.45) is 3.63. The third-order valence-corrected chi connectivity index (χ3v) is 6.11. The Bertz CT molecular complexity index is 945. The van der Waals surface area contributed by atoms with Crippen LogP contribution in [0, 0.1) is 5.92 Å². The second-order valence-electron chi connectivity index (χ2n) is 8.74. The van der Waals surface area contributed by atoms with E-state index in [2.05, 4.69) is 16.0 Å². The van der Waals surface area contributed by atoms with Crippen LogP contribution in [0.1, 0.15) is 34.1 Å². The lowest BCUT2D eigenvalue weighted by Crippen LogP contribution is -2.52. The van der Waals surface area contributed by atoms with Crippen LogP contribution < -0.4 is 16.0 Å². The van der Waals surface area contributed by atoms with Crippen LogP contribution in [0.4, 0.5) is 10.5 Å². The molecular formula is C24H34N4O5S. The van der Waals surface area contributed by atoms with Crippen LogP contribution in [-0.4, -0.2) is 66.8 Å². The predicted molar refractivity (Wildman–Crippen MR) is 132 cm³/mol. The van der Waals surface area contributed by atoms with Crippen molar-refractivity contribution in [2.24, 2.45) is 5.92 Å². The number of amides is 4. The van der Waals surface area contributed by atoms with Crippen LogP contribution in [-0.2, 0) is 19.1 Å². The molecule has 186 valence electrons. The van der Waals surface area contributed by atoms with Crippen molar-refractivity contribution in [3.8, 4) is 0 Å². The molecule has 3 atom stereocenters. The summed E-state index contributed by atoms with van der Waals surface area (Å²) in [6, 6.07) is 4.91. The minimum absolute atomic E-state index is 0.170. The zero-order valence-electron chi connectivity index (χ0n) is 20.5. The maximum absolute atomic E-state index is 13.1. The van der Waals surface area contributed by atoms with Gasteiger partial charge in [-0.1, -0.05) is 25.5 Å². The van der Waals surface area contributed by atoms with Gasteiger partial charge in [0, 0.05) is 23.2 Å². The number of carbonyl (C=O) groups excluding carboxylic acids is 4. The monoisotopic (exact) mass is 490 g/mol. The fraction of sp³-hybridized carbons (Fsp3) is 0.500. The van der Waals surface area contributed by atoms with Crippen LogP contribution >= 0.6 is 11.8 Å². The first-order valence-electron chi connectivity index (χ1n) is 11.1. The average molecular weight is 491 g/mol. The van der Waals surface area contributed by atoms with Crippen molar-refractivity contribution in [3.63, 3.8) is 0 Å². The highest BCUT2D eigenvalue weighted by Crippen LogP contribution is 2.22. The number of rotatable bonds is 8. The van der Waals surface area contributed by atoms with Crippen molar-refractivity contribution in [2.45, 2.75) is 57.1 Å². The summed E-state index contributed by atoms with van der Waals surface area (Å²) in [5.41, 5.74) is 1.44. The van der Waals surface area contributed by atoms with E-state index in [1.807, 2.05) is 24.5 Å². The fourth-order valence-corrected chi connectivity index (χ4v) is 4.15. The molecule has 3 N–H and O–H groups in total. The van der Waals surface area contributed by atoms with Gasteiger partial charge < -0.3 is 25.6 Å². The third-order valence-electron chi connectivity index (χ3n) is 5.38. The second kappa shape index (κ2) is 12.5. The van der Waals surface area contributed by atoms with Gasteiger partial charge in [0.1, 0.15) is 12.1 Å². The van der Waals surface area contributed by atoms with E-state index >= 15 is 0 Å². The standard InChI is InChI=1S/C24H34N4O5S/c1-14(2)10-20(29)28-13-17(26-24(32)25-16-8-7-9-18(11-16)34-6)12-19(28)22(30)27-21(15(3)4)23(31)33-5/h7-11,15,17,19,21H,12-13H2,1-6H3,(H,27,30)(H2,25,26,32). The Balaban J connectivity index is 2.14. The van der Waals surface area contributed by atoms with Crippen LogP contribution in [0.2, 0.25) is 0 Å². The van der Waals surface area contributed by atoms with E-state index in [-0.39, 0.29) is 24.8 Å². The molecule has 1 fully saturated rings. The maximum Gasteiger partial charge on any atom is 0.328 e. The quantitative estimate of drug-likeness (QED) is 0.293. The van der Waals surface area contributed by atoms with Crippen LogP contribution in [0.15, 0.2) is 40.8 Å². The van der Waals surface area contributed by atoms with Crippen molar-refractivity contribution < 1.29 is 23.9 Å². The topological polar surface area (TPSA) is 117 Å². The molecule has 1 aromatic rings. The molecule has 0 saturated carbocycles. The number of anilines is 1. The van der Waals surface area contributed by atoms with E-state index in [0.717, 1.165) is 10.5 Å². The fourth-order valence-electron chi connectivity index (χ4n) is 3.69. The van der Waals surface area contributed by atoms with Gasteiger partial charge in [0.25, 0.3) is 0 Å². The second-order valence-corrected chi connectivity index (χ2v) is 9.62. The smallest absolute Gasteiger partial charge is 0.328 e. The van der Waals surface area contributed by atoms with Crippen molar-refractivity contribution in [3.05, 3.63) is 35.9 Å². The van der Waals surface area contributed by atoms with E-state index in [1.54, 1.807) is 45.5 Å². The zero-order chi connectivity index (χ0) is 25.4. The van der Waals surface area contributed by atoms with Crippen molar-refractivity contribution in [1.29, 1.82) is 0 Å².